The lowest BCUT2D eigenvalue weighted by atomic mass is 9.46. The van der Waals surface area contributed by atoms with Crippen LogP contribution >= 0.6 is 0 Å². The zero-order chi connectivity index (χ0) is 22.8. The number of fused-ring (bicyclic) bond motifs is 5. The molecule has 1 N–H and O–H groups in total. The number of aliphatic hydroxyl groups is 1. The molecule has 0 aromatic heterocycles. The van der Waals surface area contributed by atoms with E-state index in [1.165, 1.54) is 57.8 Å². The van der Waals surface area contributed by atoms with E-state index >= 15 is 0 Å². The first-order valence-corrected chi connectivity index (χ1v) is 13.8. The van der Waals surface area contributed by atoms with Crippen molar-refractivity contribution < 1.29 is 5.11 Å². The van der Waals surface area contributed by atoms with Gasteiger partial charge in [0.15, 0.2) is 0 Å². The van der Waals surface area contributed by atoms with Gasteiger partial charge in [0.1, 0.15) is 0 Å². The third-order valence-electron chi connectivity index (χ3n) is 10.5. The molecule has 0 radical (unpaired) electrons. The number of nitrogens with zero attached hydrogens (tertiary/aromatic N) is 1. The summed E-state index contributed by atoms with van der Waals surface area (Å²) in [5, 5.41) is 19.5. The minimum atomic E-state index is -0.155. The minimum Gasteiger partial charge on any atom is -0.393 e. The average Bonchev–Trinajstić information content (AvgIpc) is 3.20. The standard InChI is InChI=1S/C27H45NO.C2H6/c1-18(6-5-14-26(2,3)17-28)21-9-10-23-22(21)11-12-25-24(23)8-7-19-16-20(29)13-15-27(19,25)4;1-2/h18-25,29H,5-16H2,1-4H3;1-2H3/t18-,19?,20?,21?,22?,23?,24?,25?,27?;/m1./s1. The molecule has 0 spiro atoms. The largest absolute Gasteiger partial charge is 0.393 e. The average molecular weight is 430 g/mol. The van der Waals surface area contributed by atoms with Crippen LogP contribution in [0.5, 0.6) is 0 Å². The van der Waals surface area contributed by atoms with E-state index in [0.717, 1.165) is 60.7 Å². The first kappa shape index (κ1) is 25.1. The van der Waals surface area contributed by atoms with Crippen LogP contribution in [-0.2, 0) is 0 Å². The minimum absolute atomic E-state index is 0.0244. The Morgan fingerprint density at radius 1 is 1.00 bits per heavy atom. The summed E-state index contributed by atoms with van der Waals surface area (Å²) in [5.74, 6) is 6.41. The molecule has 0 heterocycles. The van der Waals surface area contributed by atoms with Crippen LogP contribution in [0.4, 0.5) is 0 Å². The lowest BCUT2D eigenvalue weighted by molar-refractivity contribution is -0.109. The van der Waals surface area contributed by atoms with Gasteiger partial charge in [0.25, 0.3) is 0 Å². The summed E-state index contributed by atoms with van der Waals surface area (Å²) >= 11 is 0. The van der Waals surface area contributed by atoms with Crippen LogP contribution in [0.1, 0.15) is 119 Å². The smallest absolute Gasteiger partial charge is 0.0683 e. The quantitative estimate of drug-likeness (QED) is 0.481. The van der Waals surface area contributed by atoms with Crippen LogP contribution < -0.4 is 0 Å². The van der Waals surface area contributed by atoms with Gasteiger partial charge in [0.05, 0.1) is 17.6 Å². The fraction of sp³-hybridized carbons (Fsp3) is 0.966. The van der Waals surface area contributed by atoms with Crippen molar-refractivity contribution in [3.63, 3.8) is 0 Å². The van der Waals surface area contributed by atoms with Gasteiger partial charge in [0.2, 0.25) is 0 Å². The van der Waals surface area contributed by atoms with Gasteiger partial charge in [-0.2, -0.15) is 5.26 Å². The molecule has 0 saturated heterocycles. The lowest BCUT2D eigenvalue weighted by Crippen LogP contribution is -2.52. The molecule has 4 aliphatic carbocycles. The topological polar surface area (TPSA) is 44.0 Å². The molecule has 0 aliphatic heterocycles. The fourth-order valence-electron chi connectivity index (χ4n) is 8.78. The van der Waals surface area contributed by atoms with Gasteiger partial charge in [-0.1, -0.05) is 40.5 Å². The van der Waals surface area contributed by atoms with E-state index in [4.69, 9.17) is 0 Å². The Morgan fingerprint density at radius 2 is 1.68 bits per heavy atom. The van der Waals surface area contributed by atoms with E-state index in [1.807, 2.05) is 13.8 Å². The fourth-order valence-corrected chi connectivity index (χ4v) is 8.78. The summed E-state index contributed by atoms with van der Waals surface area (Å²) in [4.78, 5) is 0. The Hall–Kier alpha value is -0.550. The molecule has 4 saturated carbocycles. The summed E-state index contributed by atoms with van der Waals surface area (Å²) in [6.45, 7) is 13.3. The van der Waals surface area contributed by atoms with Crippen LogP contribution in [0.3, 0.4) is 0 Å². The summed E-state index contributed by atoms with van der Waals surface area (Å²) in [6.07, 6.45) is 15.6. The molecule has 2 heteroatoms. The van der Waals surface area contributed by atoms with E-state index in [9.17, 15) is 10.4 Å². The number of nitriles is 1. The summed E-state index contributed by atoms with van der Waals surface area (Å²) in [7, 11) is 0. The highest BCUT2D eigenvalue weighted by molar-refractivity contribution is 5.06. The molecule has 4 aliphatic rings. The Morgan fingerprint density at radius 3 is 2.39 bits per heavy atom. The highest BCUT2D eigenvalue weighted by atomic mass is 16.3. The van der Waals surface area contributed by atoms with Crippen LogP contribution in [0, 0.1) is 63.6 Å². The van der Waals surface area contributed by atoms with Crippen molar-refractivity contribution in [3.05, 3.63) is 0 Å². The second kappa shape index (κ2) is 10.2. The van der Waals surface area contributed by atoms with E-state index in [-0.39, 0.29) is 11.5 Å². The van der Waals surface area contributed by atoms with Gasteiger partial charge >= 0.3 is 0 Å². The number of rotatable bonds is 5. The Kier molecular flexibility index (Phi) is 8.22. The van der Waals surface area contributed by atoms with Gasteiger partial charge in [-0.3, -0.25) is 0 Å². The third-order valence-corrected chi connectivity index (χ3v) is 10.5. The molecule has 2 nitrogen and oxygen atoms in total. The summed E-state index contributed by atoms with van der Waals surface area (Å²) < 4.78 is 0. The zero-order valence-corrected chi connectivity index (χ0v) is 21.5. The normalized spacial score (nSPS) is 42.8. The zero-order valence-electron chi connectivity index (χ0n) is 21.5. The maximum Gasteiger partial charge on any atom is 0.0683 e. The first-order valence-electron chi connectivity index (χ1n) is 13.8. The van der Waals surface area contributed by atoms with Crippen molar-refractivity contribution in [2.75, 3.05) is 0 Å². The highest BCUT2D eigenvalue weighted by Crippen LogP contribution is 2.64. The summed E-state index contributed by atoms with van der Waals surface area (Å²) in [5.41, 5.74) is 0.358. The first-order chi connectivity index (χ1) is 14.7. The van der Waals surface area contributed by atoms with Gasteiger partial charge in [-0.15, -0.1) is 0 Å². The second-order valence-corrected chi connectivity index (χ2v) is 12.5. The predicted octanol–water partition coefficient (Wildman–Crippen LogP) is 8.00. The van der Waals surface area contributed by atoms with Crippen LogP contribution in [0.2, 0.25) is 0 Å². The molecular formula is C29H51NO. The Bertz CT molecular complexity index is 621. The lowest BCUT2D eigenvalue weighted by Gasteiger charge is -2.59. The second-order valence-electron chi connectivity index (χ2n) is 12.5. The summed E-state index contributed by atoms with van der Waals surface area (Å²) in [6, 6.07) is 2.47. The van der Waals surface area contributed by atoms with Crippen molar-refractivity contribution >= 4 is 0 Å². The molecule has 8 unspecified atom stereocenters. The molecule has 0 bridgehead atoms. The maximum absolute atomic E-state index is 10.2. The van der Waals surface area contributed by atoms with Crippen molar-refractivity contribution in [1.82, 2.24) is 0 Å². The Labute approximate surface area is 193 Å². The Balaban J connectivity index is 0.00000132. The molecule has 31 heavy (non-hydrogen) atoms. The maximum atomic E-state index is 10.2. The van der Waals surface area contributed by atoms with E-state index in [0.29, 0.717) is 5.41 Å². The van der Waals surface area contributed by atoms with Gasteiger partial charge in [-0.25, -0.2) is 0 Å². The van der Waals surface area contributed by atoms with Crippen LogP contribution in [-0.4, -0.2) is 11.2 Å². The van der Waals surface area contributed by atoms with E-state index in [1.54, 1.807) is 0 Å². The van der Waals surface area contributed by atoms with E-state index in [2.05, 4.69) is 33.8 Å². The van der Waals surface area contributed by atoms with Crippen molar-refractivity contribution in [1.29, 1.82) is 5.26 Å². The molecule has 0 amide bonds. The molecular weight excluding hydrogens is 378 g/mol. The van der Waals surface area contributed by atoms with Gasteiger partial charge < -0.3 is 5.11 Å². The highest BCUT2D eigenvalue weighted by Gasteiger charge is 2.56. The molecule has 178 valence electrons. The van der Waals surface area contributed by atoms with E-state index < -0.39 is 0 Å². The van der Waals surface area contributed by atoms with Crippen molar-refractivity contribution in [2.24, 2.45) is 52.3 Å². The monoisotopic (exact) mass is 429 g/mol. The van der Waals surface area contributed by atoms with Crippen molar-refractivity contribution in [3.8, 4) is 6.07 Å². The van der Waals surface area contributed by atoms with Gasteiger partial charge in [-0.05, 0) is 125 Å². The third kappa shape index (κ3) is 5.03. The molecule has 0 aromatic rings. The molecule has 9 atom stereocenters. The van der Waals surface area contributed by atoms with Crippen molar-refractivity contribution in [2.45, 2.75) is 125 Å². The van der Waals surface area contributed by atoms with Crippen LogP contribution in [0.15, 0.2) is 0 Å². The predicted molar refractivity (Wildman–Crippen MR) is 130 cm³/mol. The number of aliphatic hydroxyl groups excluding tert-OH is 1. The van der Waals surface area contributed by atoms with Crippen LogP contribution in [0.25, 0.3) is 0 Å². The van der Waals surface area contributed by atoms with Gasteiger partial charge in [0, 0.05) is 0 Å². The number of hydrogen-bond acceptors (Lipinski definition) is 2. The number of hydrogen-bond donors (Lipinski definition) is 1. The molecule has 4 rings (SSSR count). The SMILES string of the molecule is CC.C[C@H](CCCC(C)(C)C#N)C1CCC2C1CCC1C2CCC2CC(O)CCC21C. The molecule has 0 aromatic carbocycles. The molecule has 4 fully saturated rings.